The molecule has 1 aliphatic heterocycles. The van der Waals surface area contributed by atoms with E-state index in [2.05, 4.69) is 20.9 Å². The zero-order valence-electron chi connectivity index (χ0n) is 15.4. The highest BCUT2D eigenvalue weighted by molar-refractivity contribution is 9.10. The van der Waals surface area contributed by atoms with Crippen LogP contribution in [-0.4, -0.2) is 54.1 Å². The Bertz CT molecular complexity index is 929. The predicted molar refractivity (Wildman–Crippen MR) is 106 cm³/mol. The molecule has 1 fully saturated rings. The summed E-state index contributed by atoms with van der Waals surface area (Å²) in [5.74, 6) is -1.07. The number of pyridine rings is 1. The van der Waals surface area contributed by atoms with Crippen LogP contribution >= 0.6 is 15.9 Å². The van der Waals surface area contributed by atoms with Gasteiger partial charge in [0.2, 0.25) is 0 Å². The maximum Gasteiger partial charge on any atom is 0.295 e. The fraction of sp³-hybridized carbons (Fsp3) is 0.250. The van der Waals surface area contributed by atoms with Crippen molar-refractivity contribution in [2.45, 2.75) is 6.04 Å². The molecule has 28 heavy (non-hydrogen) atoms. The van der Waals surface area contributed by atoms with Gasteiger partial charge in [-0.25, -0.2) is 0 Å². The van der Waals surface area contributed by atoms with E-state index in [1.807, 2.05) is 0 Å². The smallest absolute Gasteiger partial charge is 0.295 e. The molecule has 2 aromatic rings. The van der Waals surface area contributed by atoms with Crippen molar-refractivity contribution in [3.05, 3.63) is 63.9 Å². The SMILES string of the molecule is COCCN1C(=O)C(=O)/C(=C(\O)c2ccc(OC)c(Br)c2)C1c1ccncc1. The van der Waals surface area contributed by atoms with Crippen LogP contribution in [0.4, 0.5) is 0 Å². The quantitative estimate of drug-likeness (QED) is 0.416. The normalized spacial score (nSPS) is 18.5. The largest absolute Gasteiger partial charge is 0.507 e. The van der Waals surface area contributed by atoms with Gasteiger partial charge in [0, 0.05) is 31.6 Å². The number of rotatable bonds is 6. The fourth-order valence-corrected chi connectivity index (χ4v) is 3.70. The second-order valence-electron chi connectivity index (χ2n) is 6.12. The number of aliphatic hydroxyl groups excluding tert-OH is 1. The molecular weight excluding hydrogens is 428 g/mol. The first-order chi connectivity index (χ1) is 13.5. The summed E-state index contributed by atoms with van der Waals surface area (Å²) in [7, 11) is 3.05. The lowest BCUT2D eigenvalue weighted by Gasteiger charge is -2.24. The Kier molecular flexibility index (Phi) is 6.11. The summed E-state index contributed by atoms with van der Waals surface area (Å²) in [4.78, 5) is 30.8. The summed E-state index contributed by atoms with van der Waals surface area (Å²) in [5.41, 5.74) is 1.11. The standard InChI is InChI=1S/C20H19BrN2O5/c1-27-10-9-23-17(12-5-7-22-8-6-12)16(19(25)20(23)26)18(24)13-3-4-15(28-2)14(21)11-13/h3-8,11,17,24H,9-10H2,1-2H3/b18-16-. The van der Waals surface area contributed by atoms with Crippen LogP contribution in [0.15, 0.2) is 52.8 Å². The summed E-state index contributed by atoms with van der Waals surface area (Å²) in [6.07, 6.45) is 3.16. The number of likely N-dealkylation sites (tertiary alicyclic amines) is 1. The van der Waals surface area contributed by atoms with Crippen molar-refractivity contribution < 1.29 is 24.2 Å². The van der Waals surface area contributed by atoms with Gasteiger partial charge in [-0.15, -0.1) is 0 Å². The lowest BCUT2D eigenvalue weighted by molar-refractivity contribution is -0.140. The van der Waals surface area contributed by atoms with Gasteiger partial charge in [-0.1, -0.05) is 0 Å². The number of ketones is 1. The molecule has 0 saturated carbocycles. The minimum atomic E-state index is -0.734. The van der Waals surface area contributed by atoms with Crippen molar-refractivity contribution in [3.63, 3.8) is 0 Å². The van der Waals surface area contributed by atoms with Crippen LogP contribution in [0, 0.1) is 0 Å². The van der Waals surface area contributed by atoms with Crippen LogP contribution in [0.3, 0.4) is 0 Å². The lowest BCUT2D eigenvalue weighted by atomic mass is 9.96. The molecule has 1 amide bonds. The van der Waals surface area contributed by atoms with E-state index in [0.29, 0.717) is 21.3 Å². The van der Waals surface area contributed by atoms with Crippen molar-refractivity contribution in [2.24, 2.45) is 0 Å². The van der Waals surface area contributed by atoms with Crippen molar-refractivity contribution in [2.75, 3.05) is 27.4 Å². The maximum atomic E-state index is 12.8. The molecule has 1 aromatic carbocycles. The molecule has 2 heterocycles. The average molecular weight is 447 g/mol. The third-order valence-corrected chi connectivity index (χ3v) is 5.14. The summed E-state index contributed by atoms with van der Waals surface area (Å²) in [6.45, 7) is 0.486. The summed E-state index contributed by atoms with van der Waals surface area (Å²) in [5, 5.41) is 10.9. The molecule has 146 valence electrons. The molecule has 0 radical (unpaired) electrons. The van der Waals surface area contributed by atoms with E-state index >= 15 is 0 Å². The Labute approximate surface area is 170 Å². The number of amides is 1. The van der Waals surface area contributed by atoms with Crippen LogP contribution in [0.5, 0.6) is 5.75 Å². The van der Waals surface area contributed by atoms with E-state index in [0.717, 1.165) is 0 Å². The number of methoxy groups -OCH3 is 2. The highest BCUT2D eigenvalue weighted by Crippen LogP contribution is 2.39. The van der Waals surface area contributed by atoms with Crippen molar-refractivity contribution in [3.8, 4) is 5.75 Å². The van der Waals surface area contributed by atoms with Gasteiger partial charge in [0.15, 0.2) is 0 Å². The number of ether oxygens (including phenoxy) is 2. The Morgan fingerprint density at radius 3 is 2.54 bits per heavy atom. The van der Waals surface area contributed by atoms with Crippen LogP contribution in [0.2, 0.25) is 0 Å². The molecule has 7 nitrogen and oxygen atoms in total. The highest BCUT2D eigenvalue weighted by atomic mass is 79.9. The van der Waals surface area contributed by atoms with E-state index < -0.39 is 17.7 Å². The number of benzene rings is 1. The lowest BCUT2D eigenvalue weighted by Crippen LogP contribution is -2.32. The molecule has 0 spiro atoms. The highest BCUT2D eigenvalue weighted by Gasteiger charge is 2.45. The van der Waals surface area contributed by atoms with Crippen LogP contribution in [0.25, 0.3) is 5.76 Å². The number of aliphatic hydroxyl groups is 1. The second kappa shape index (κ2) is 8.53. The minimum absolute atomic E-state index is 0.0318. The van der Waals surface area contributed by atoms with E-state index in [-0.39, 0.29) is 24.5 Å². The van der Waals surface area contributed by atoms with Crippen molar-refractivity contribution in [1.82, 2.24) is 9.88 Å². The first-order valence-electron chi connectivity index (χ1n) is 8.50. The molecule has 8 heteroatoms. The maximum absolute atomic E-state index is 12.8. The third kappa shape index (κ3) is 3.65. The minimum Gasteiger partial charge on any atom is -0.507 e. The number of carbonyl (C=O) groups is 2. The molecule has 0 bridgehead atoms. The van der Waals surface area contributed by atoms with Gasteiger partial charge in [0.1, 0.15) is 11.5 Å². The average Bonchev–Trinajstić information content (AvgIpc) is 2.97. The molecule has 3 rings (SSSR count). The van der Waals surface area contributed by atoms with E-state index in [4.69, 9.17) is 9.47 Å². The number of halogens is 1. The Balaban J connectivity index is 2.15. The zero-order valence-corrected chi connectivity index (χ0v) is 17.0. The van der Waals surface area contributed by atoms with Gasteiger partial charge >= 0.3 is 0 Å². The molecule has 1 unspecified atom stereocenters. The van der Waals surface area contributed by atoms with Gasteiger partial charge in [0.25, 0.3) is 11.7 Å². The van der Waals surface area contributed by atoms with Crippen LogP contribution < -0.4 is 4.74 Å². The predicted octanol–water partition coefficient (Wildman–Crippen LogP) is 2.92. The van der Waals surface area contributed by atoms with Crippen LogP contribution in [-0.2, 0) is 14.3 Å². The van der Waals surface area contributed by atoms with E-state index in [9.17, 15) is 14.7 Å². The first-order valence-corrected chi connectivity index (χ1v) is 9.30. The number of Topliss-reactive ketones (excluding diaryl/α,β-unsaturated/α-hetero) is 1. The Hall–Kier alpha value is -2.71. The number of nitrogens with zero attached hydrogens (tertiary/aromatic N) is 2. The van der Waals surface area contributed by atoms with Crippen molar-refractivity contribution in [1.29, 1.82) is 0 Å². The summed E-state index contributed by atoms with van der Waals surface area (Å²) < 4.78 is 10.9. The van der Waals surface area contributed by atoms with Gasteiger partial charge in [-0.05, 0) is 51.8 Å². The molecule has 0 aliphatic carbocycles. The zero-order chi connectivity index (χ0) is 20.3. The van der Waals surface area contributed by atoms with Gasteiger partial charge < -0.3 is 19.5 Å². The molecule has 1 atom stereocenters. The summed E-state index contributed by atoms with van der Waals surface area (Å²) in [6, 6.07) is 7.65. The van der Waals surface area contributed by atoms with E-state index in [1.54, 1.807) is 42.7 Å². The van der Waals surface area contributed by atoms with Crippen LogP contribution in [0.1, 0.15) is 17.2 Å². The molecule has 1 aromatic heterocycles. The first kappa shape index (κ1) is 20.0. The van der Waals surface area contributed by atoms with Gasteiger partial charge in [-0.3, -0.25) is 14.6 Å². The number of carbonyl (C=O) groups excluding carboxylic acids is 2. The topological polar surface area (TPSA) is 89.0 Å². The number of aromatic nitrogens is 1. The third-order valence-electron chi connectivity index (χ3n) is 4.52. The molecular formula is C20H19BrN2O5. The number of hydrogen-bond donors (Lipinski definition) is 1. The second-order valence-corrected chi connectivity index (χ2v) is 6.97. The molecule has 1 saturated heterocycles. The number of hydrogen-bond acceptors (Lipinski definition) is 6. The Morgan fingerprint density at radius 2 is 1.93 bits per heavy atom. The van der Waals surface area contributed by atoms with Gasteiger partial charge in [-0.2, -0.15) is 0 Å². The fourth-order valence-electron chi connectivity index (χ4n) is 3.16. The van der Waals surface area contributed by atoms with E-state index in [1.165, 1.54) is 19.1 Å². The summed E-state index contributed by atoms with van der Waals surface area (Å²) >= 11 is 3.37. The monoisotopic (exact) mass is 446 g/mol. The molecule has 1 N–H and O–H groups in total. The Morgan fingerprint density at radius 1 is 1.21 bits per heavy atom. The van der Waals surface area contributed by atoms with Gasteiger partial charge in [0.05, 0.1) is 29.8 Å². The molecule has 1 aliphatic rings. The van der Waals surface area contributed by atoms with Crippen molar-refractivity contribution >= 4 is 33.4 Å².